The zero-order valence-corrected chi connectivity index (χ0v) is 29.1. The molecule has 1 N–H and O–H groups in total. The lowest BCUT2D eigenvalue weighted by atomic mass is 10.0. The Morgan fingerprint density at radius 1 is 0.872 bits per heavy atom. The van der Waals surface area contributed by atoms with E-state index in [-0.39, 0.29) is 35.4 Å². The largest absolute Gasteiger partial charge is 0.497 e. The van der Waals surface area contributed by atoms with Gasteiger partial charge >= 0.3 is 0 Å². The Hall–Kier alpha value is -4.05. The van der Waals surface area contributed by atoms with E-state index in [1.807, 2.05) is 51.1 Å². The van der Waals surface area contributed by atoms with Crippen LogP contribution in [0.4, 0.5) is 5.69 Å². The summed E-state index contributed by atoms with van der Waals surface area (Å²) in [6.07, 6.45) is 0.169. The third kappa shape index (κ3) is 9.28. The Morgan fingerprint density at radius 2 is 1.51 bits per heavy atom. The van der Waals surface area contributed by atoms with Crippen molar-refractivity contribution in [2.45, 2.75) is 44.7 Å². The minimum absolute atomic E-state index is 0.00919. The molecule has 248 valence electrons. The highest BCUT2D eigenvalue weighted by molar-refractivity contribution is 7.92. The van der Waals surface area contributed by atoms with E-state index < -0.39 is 28.5 Å². The van der Waals surface area contributed by atoms with Gasteiger partial charge < -0.3 is 15.0 Å². The summed E-state index contributed by atoms with van der Waals surface area (Å²) in [6, 6.07) is 26.2. The average molecular weight is 697 g/mol. The molecule has 0 aromatic heterocycles. The van der Waals surface area contributed by atoms with Gasteiger partial charge in [0.1, 0.15) is 18.3 Å². The fourth-order valence-electron chi connectivity index (χ4n) is 4.96. The van der Waals surface area contributed by atoms with Crippen LogP contribution in [0, 0.1) is 12.8 Å². The van der Waals surface area contributed by atoms with Crippen LogP contribution in [-0.4, -0.2) is 51.4 Å². The van der Waals surface area contributed by atoms with Crippen molar-refractivity contribution in [3.63, 3.8) is 0 Å². The topological polar surface area (TPSA) is 96.0 Å². The number of benzene rings is 4. The Balaban J connectivity index is 1.84. The average Bonchev–Trinajstić information content (AvgIpc) is 3.05. The fraction of sp³-hybridized carbons (Fsp3) is 0.278. The molecule has 0 aliphatic heterocycles. The quantitative estimate of drug-likeness (QED) is 0.155. The number of aryl methyl sites for hydroxylation is 1. The van der Waals surface area contributed by atoms with Crippen molar-refractivity contribution in [2.75, 3.05) is 24.5 Å². The second-order valence-electron chi connectivity index (χ2n) is 11.6. The molecule has 0 aliphatic carbocycles. The van der Waals surface area contributed by atoms with Crippen LogP contribution in [-0.2, 0) is 32.6 Å². The standard InChI is InChI=1S/C36H39Cl2N3O5S/c1-25(2)22-39-36(43)34(20-27-10-6-5-7-11-27)40(23-31-32(37)14-9-15-33(31)38)35(42)24-41(28-12-8-13-29(21-28)46-4)47(44,45)30-18-16-26(3)17-19-30/h5-19,21,25,34H,20,22-24H2,1-4H3,(H,39,43). The first-order valence-corrected chi connectivity index (χ1v) is 17.4. The molecule has 4 rings (SSSR count). The highest BCUT2D eigenvalue weighted by Gasteiger charge is 2.35. The second kappa shape index (κ2) is 16.2. The van der Waals surface area contributed by atoms with Gasteiger partial charge in [0.25, 0.3) is 10.0 Å². The third-order valence-corrected chi connectivity index (χ3v) is 10.1. The van der Waals surface area contributed by atoms with Gasteiger partial charge in [-0.05, 0) is 54.8 Å². The number of sulfonamides is 1. The van der Waals surface area contributed by atoms with Crippen LogP contribution < -0.4 is 14.4 Å². The minimum Gasteiger partial charge on any atom is -0.497 e. The number of carbonyl (C=O) groups is 2. The monoisotopic (exact) mass is 695 g/mol. The molecule has 0 saturated carbocycles. The molecule has 4 aromatic rings. The normalized spacial score (nSPS) is 12.0. The molecule has 1 atom stereocenters. The van der Waals surface area contributed by atoms with Crippen LogP contribution in [0.15, 0.2) is 102 Å². The van der Waals surface area contributed by atoms with E-state index in [2.05, 4.69) is 5.32 Å². The molecule has 0 aliphatic rings. The lowest BCUT2D eigenvalue weighted by Gasteiger charge is -2.34. The predicted octanol–water partition coefficient (Wildman–Crippen LogP) is 6.92. The van der Waals surface area contributed by atoms with Crippen molar-refractivity contribution >= 4 is 50.7 Å². The van der Waals surface area contributed by atoms with Crippen LogP contribution >= 0.6 is 23.2 Å². The van der Waals surface area contributed by atoms with Gasteiger partial charge in [-0.15, -0.1) is 0 Å². The molecule has 2 amide bonds. The van der Waals surface area contributed by atoms with Gasteiger partial charge in [0.2, 0.25) is 11.8 Å². The molecular weight excluding hydrogens is 657 g/mol. The number of methoxy groups -OCH3 is 1. The summed E-state index contributed by atoms with van der Waals surface area (Å²) in [6.45, 7) is 5.43. The van der Waals surface area contributed by atoms with Crippen molar-refractivity contribution in [1.82, 2.24) is 10.2 Å². The van der Waals surface area contributed by atoms with E-state index in [9.17, 15) is 18.0 Å². The van der Waals surface area contributed by atoms with Gasteiger partial charge in [0.15, 0.2) is 0 Å². The van der Waals surface area contributed by atoms with E-state index in [1.54, 1.807) is 54.6 Å². The first-order valence-electron chi connectivity index (χ1n) is 15.2. The van der Waals surface area contributed by atoms with Crippen molar-refractivity contribution in [3.05, 3.63) is 124 Å². The molecule has 0 fully saturated rings. The zero-order valence-electron chi connectivity index (χ0n) is 26.8. The van der Waals surface area contributed by atoms with Gasteiger partial charge in [-0.2, -0.15) is 0 Å². The summed E-state index contributed by atoms with van der Waals surface area (Å²) in [5.41, 5.74) is 2.36. The first kappa shape index (κ1) is 35.8. The van der Waals surface area contributed by atoms with Crippen molar-refractivity contribution in [2.24, 2.45) is 5.92 Å². The predicted molar refractivity (Wildman–Crippen MR) is 187 cm³/mol. The highest BCUT2D eigenvalue weighted by atomic mass is 35.5. The van der Waals surface area contributed by atoms with E-state index in [1.165, 1.54) is 24.1 Å². The summed E-state index contributed by atoms with van der Waals surface area (Å²) in [5.74, 6) is -0.441. The summed E-state index contributed by atoms with van der Waals surface area (Å²) in [7, 11) is -2.79. The van der Waals surface area contributed by atoms with Gasteiger partial charge in [0.05, 0.1) is 17.7 Å². The summed E-state index contributed by atoms with van der Waals surface area (Å²) in [4.78, 5) is 29.9. The summed E-state index contributed by atoms with van der Waals surface area (Å²) in [5, 5.41) is 3.59. The van der Waals surface area contributed by atoms with E-state index in [0.717, 1.165) is 15.4 Å². The number of hydrogen-bond acceptors (Lipinski definition) is 5. The molecule has 11 heteroatoms. The number of rotatable bonds is 14. The van der Waals surface area contributed by atoms with Gasteiger partial charge in [0, 0.05) is 41.2 Å². The van der Waals surface area contributed by atoms with Crippen LogP contribution in [0.1, 0.15) is 30.5 Å². The van der Waals surface area contributed by atoms with Gasteiger partial charge in [-0.3, -0.25) is 13.9 Å². The van der Waals surface area contributed by atoms with Crippen molar-refractivity contribution in [1.29, 1.82) is 0 Å². The maximum absolute atomic E-state index is 14.6. The first-order chi connectivity index (χ1) is 22.4. The molecule has 1 unspecified atom stereocenters. The number of ether oxygens (including phenoxy) is 1. The maximum Gasteiger partial charge on any atom is 0.264 e. The molecule has 0 saturated heterocycles. The third-order valence-electron chi connectivity index (χ3n) is 7.57. The smallest absolute Gasteiger partial charge is 0.264 e. The number of nitrogens with zero attached hydrogens (tertiary/aromatic N) is 2. The van der Waals surface area contributed by atoms with Crippen LogP contribution in [0.2, 0.25) is 10.0 Å². The van der Waals surface area contributed by atoms with E-state index >= 15 is 0 Å². The highest BCUT2D eigenvalue weighted by Crippen LogP contribution is 2.30. The Kier molecular flexibility index (Phi) is 12.3. The van der Waals surface area contributed by atoms with Crippen molar-refractivity contribution < 1.29 is 22.7 Å². The zero-order chi connectivity index (χ0) is 34.1. The molecule has 47 heavy (non-hydrogen) atoms. The van der Waals surface area contributed by atoms with Gasteiger partial charge in [-0.25, -0.2) is 8.42 Å². The Morgan fingerprint density at radius 3 is 2.13 bits per heavy atom. The molecule has 8 nitrogen and oxygen atoms in total. The number of nitrogens with one attached hydrogen (secondary N) is 1. The Labute approximate surface area is 287 Å². The number of amides is 2. The maximum atomic E-state index is 14.6. The lowest BCUT2D eigenvalue weighted by Crippen LogP contribution is -2.53. The van der Waals surface area contributed by atoms with E-state index in [0.29, 0.717) is 27.9 Å². The number of anilines is 1. The van der Waals surface area contributed by atoms with Crippen LogP contribution in [0.5, 0.6) is 5.75 Å². The molecule has 4 aromatic carbocycles. The number of carbonyl (C=O) groups excluding carboxylic acids is 2. The summed E-state index contributed by atoms with van der Waals surface area (Å²) >= 11 is 13.2. The second-order valence-corrected chi connectivity index (χ2v) is 14.3. The number of halogens is 2. The van der Waals surface area contributed by atoms with Crippen LogP contribution in [0.3, 0.4) is 0 Å². The molecule has 0 bridgehead atoms. The van der Waals surface area contributed by atoms with E-state index in [4.69, 9.17) is 27.9 Å². The minimum atomic E-state index is -4.26. The summed E-state index contributed by atoms with van der Waals surface area (Å²) < 4.78 is 34.9. The molecule has 0 spiro atoms. The molecule has 0 radical (unpaired) electrons. The molecule has 0 heterocycles. The number of hydrogen-bond donors (Lipinski definition) is 1. The fourth-order valence-corrected chi connectivity index (χ4v) is 6.89. The Bertz CT molecular complexity index is 1760. The van der Waals surface area contributed by atoms with Crippen molar-refractivity contribution in [3.8, 4) is 5.75 Å². The lowest BCUT2D eigenvalue weighted by molar-refractivity contribution is -0.140. The molecular formula is C36H39Cl2N3O5S. The van der Waals surface area contributed by atoms with Gasteiger partial charge in [-0.1, -0.05) is 97.2 Å². The SMILES string of the molecule is COc1cccc(N(CC(=O)N(Cc2c(Cl)cccc2Cl)C(Cc2ccccc2)C(=O)NCC(C)C)S(=O)(=O)c2ccc(C)cc2)c1. The van der Waals surface area contributed by atoms with Crippen LogP contribution in [0.25, 0.3) is 0 Å².